The van der Waals surface area contributed by atoms with E-state index in [2.05, 4.69) is 16.8 Å². The molecule has 0 amide bonds. The van der Waals surface area contributed by atoms with Crippen molar-refractivity contribution in [3.05, 3.63) is 29.8 Å². The van der Waals surface area contributed by atoms with Crippen molar-refractivity contribution in [2.45, 2.75) is 50.6 Å². The molecule has 1 aliphatic carbocycles. The summed E-state index contributed by atoms with van der Waals surface area (Å²) in [5, 5.41) is 3.46. The zero-order chi connectivity index (χ0) is 14.5. The number of aliphatic imine (C=N–C) groups is 1. The van der Waals surface area contributed by atoms with Gasteiger partial charge in [0, 0.05) is 18.0 Å². The van der Waals surface area contributed by atoms with Gasteiger partial charge >= 0.3 is 0 Å². The van der Waals surface area contributed by atoms with Crippen molar-refractivity contribution in [1.29, 1.82) is 0 Å². The summed E-state index contributed by atoms with van der Waals surface area (Å²) < 4.78 is 5.68. The quantitative estimate of drug-likeness (QED) is 0.338. The number of ether oxygens (including phenoxy) is 1. The summed E-state index contributed by atoms with van der Waals surface area (Å²) in [7, 11) is 0. The van der Waals surface area contributed by atoms with E-state index in [9.17, 15) is 0 Å². The zero-order valence-corrected chi connectivity index (χ0v) is 12.3. The SMILES string of the molecule is NNC(=NC1CCOc2ccccc21)NC1CCCCC1. The number of hydrogen-bond donors (Lipinski definition) is 3. The number of guanidine groups is 1. The zero-order valence-electron chi connectivity index (χ0n) is 12.3. The lowest BCUT2D eigenvalue weighted by molar-refractivity contribution is 0.269. The molecule has 5 nitrogen and oxygen atoms in total. The summed E-state index contributed by atoms with van der Waals surface area (Å²) in [4.78, 5) is 4.78. The fourth-order valence-corrected chi connectivity index (χ4v) is 3.17. The highest BCUT2D eigenvalue weighted by molar-refractivity contribution is 5.79. The van der Waals surface area contributed by atoms with Crippen LogP contribution >= 0.6 is 0 Å². The maximum Gasteiger partial charge on any atom is 0.206 e. The Morgan fingerprint density at radius 3 is 2.76 bits per heavy atom. The molecular weight excluding hydrogens is 264 g/mol. The highest BCUT2D eigenvalue weighted by Crippen LogP contribution is 2.34. The van der Waals surface area contributed by atoms with Crippen LogP contribution in [0.4, 0.5) is 0 Å². The molecule has 114 valence electrons. The number of hydrogen-bond acceptors (Lipinski definition) is 3. The number of nitrogens with zero attached hydrogens (tertiary/aromatic N) is 1. The van der Waals surface area contributed by atoms with Crippen LogP contribution in [0.2, 0.25) is 0 Å². The van der Waals surface area contributed by atoms with Gasteiger partial charge in [-0.05, 0) is 18.9 Å². The van der Waals surface area contributed by atoms with Crippen molar-refractivity contribution in [2.75, 3.05) is 6.61 Å². The summed E-state index contributed by atoms with van der Waals surface area (Å²) in [6.07, 6.45) is 7.20. The Labute approximate surface area is 125 Å². The number of nitrogens with one attached hydrogen (secondary N) is 2. The molecule has 1 fully saturated rings. The van der Waals surface area contributed by atoms with Crippen molar-refractivity contribution in [1.82, 2.24) is 10.7 Å². The number of hydrazine groups is 1. The third-order valence-corrected chi connectivity index (χ3v) is 4.29. The Morgan fingerprint density at radius 2 is 1.95 bits per heavy atom. The van der Waals surface area contributed by atoms with E-state index in [4.69, 9.17) is 15.6 Å². The average molecular weight is 288 g/mol. The molecule has 1 atom stereocenters. The van der Waals surface area contributed by atoms with Crippen molar-refractivity contribution in [2.24, 2.45) is 10.8 Å². The summed E-state index contributed by atoms with van der Waals surface area (Å²) in [6.45, 7) is 0.701. The van der Waals surface area contributed by atoms with Gasteiger partial charge in [-0.25, -0.2) is 10.8 Å². The number of fused-ring (bicyclic) bond motifs is 1. The molecule has 5 heteroatoms. The van der Waals surface area contributed by atoms with Gasteiger partial charge in [-0.2, -0.15) is 0 Å². The first-order valence-electron chi connectivity index (χ1n) is 7.89. The lowest BCUT2D eigenvalue weighted by atomic mass is 9.96. The summed E-state index contributed by atoms with van der Waals surface area (Å²) in [6, 6.07) is 8.70. The highest BCUT2D eigenvalue weighted by atomic mass is 16.5. The summed E-state index contributed by atoms with van der Waals surface area (Å²) in [5.41, 5.74) is 3.87. The number of nitrogens with two attached hydrogens (primary N) is 1. The van der Waals surface area contributed by atoms with E-state index in [0.717, 1.165) is 17.7 Å². The van der Waals surface area contributed by atoms with E-state index in [1.165, 1.54) is 32.1 Å². The number of para-hydroxylation sites is 1. The maximum atomic E-state index is 5.68. The van der Waals surface area contributed by atoms with Gasteiger partial charge in [0.1, 0.15) is 5.75 Å². The monoisotopic (exact) mass is 288 g/mol. The Balaban J connectivity index is 1.73. The summed E-state index contributed by atoms with van der Waals surface area (Å²) in [5.74, 6) is 7.29. The molecule has 0 aromatic heterocycles. The molecule has 0 bridgehead atoms. The van der Waals surface area contributed by atoms with Crippen LogP contribution in [0.3, 0.4) is 0 Å². The van der Waals surface area contributed by atoms with E-state index in [0.29, 0.717) is 18.6 Å². The van der Waals surface area contributed by atoms with Crippen LogP contribution < -0.4 is 21.3 Å². The fraction of sp³-hybridized carbons (Fsp3) is 0.562. The standard InChI is InChI=1S/C16H24N4O/c17-20-16(18-12-6-2-1-3-7-12)19-14-10-11-21-15-9-5-4-8-13(14)15/h4-5,8-9,12,14H,1-3,6-7,10-11,17H2,(H2,18,19,20). The molecule has 1 aromatic carbocycles. The molecule has 1 aliphatic heterocycles. The molecule has 1 unspecified atom stereocenters. The molecule has 0 saturated heterocycles. The van der Waals surface area contributed by atoms with Gasteiger partial charge < -0.3 is 10.1 Å². The Morgan fingerprint density at radius 1 is 1.14 bits per heavy atom. The molecule has 21 heavy (non-hydrogen) atoms. The highest BCUT2D eigenvalue weighted by Gasteiger charge is 2.22. The van der Waals surface area contributed by atoms with Gasteiger partial charge in [0.25, 0.3) is 0 Å². The second-order valence-electron chi connectivity index (χ2n) is 5.79. The number of benzene rings is 1. The molecule has 0 spiro atoms. The third-order valence-electron chi connectivity index (χ3n) is 4.29. The molecule has 4 N–H and O–H groups in total. The van der Waals surface area contributed by atoms with E-state index < -0.39 is 0 Å². The second kappa shape index (κ2) is 6.80. The fourth-order valence-electron chi connectivity index (χ4n) is 3.17. The van der Waals surface area contributed by atoms with Gasteiger partial charge in [-0.3, -0.25) is 5.43 Å². The summed E-state index contributed by atoms with van der Waals surface area (Å²) >= 11 is 0. The molecule has 1 heterocycles. The smallest absolute Gasteiger partial charge is 0.206 e. The number of rotatable bonds is 2. The molecule has 1 aromatic rings. The van der Waals surface area contributed by atoms with E-state index in [1.807, 2.05) is 18.2 Å². The van der Waals surface area contributed by atoms with Crippen LogP contribution in [0, 0.1) is 0 Å². The lowest BCUT2D eigenvalue weighted by Gasteiger charge is -2.27. The van der Waals surface area contributed by atoms with Gasteiger partial charge in [0.15, 0.2) is 0 Å². The predicted octanol–water partition coefficient (Wildman–Crippen LogP) is 2.25. The minimum Gasteiger partial charge on any atom is -0.493 e. The minimum atomic E-state index is 0.108. The van der Waals surface area contributed by atoms with Crippen LogP contribution in [0.5, 0.6) is 5.75 Å². The van der Waals surface area contributed by atoms with Gasteiger partial charge in [0.05, 0.1) is 12.6 Å². The second-order valence-corrected chi connectivity index (χ2v) is 5.79. The van der Waals surface area contributed by atoms with E-state index in [-0.39, 0.29) is 6.04 Å². The van der Waals surface area contributed by atoms with Gasteiger partial charge in [-0.15, -0.1) is 0 Å². The Kier molecular flexibility index (Phi) is 4.60. The molecular formula is C16H24N4O. The lowest BCUT2D eigenvalue weighted by Crippen LogP contribution is -2.47. The van der Waals surface area contributed by atoms with Crippen molar-refractivity contribution in [3.8, 4) is 5.75 Å². The first-order valence-corrected chi connectivity index (χ1v) is 7.89. The largest absolute Gasteiger partial charge is 0.493 e. The predicted molar refractivity (Wildman–Crippen MR) is 84.1 cm³/mol. The average Bonchev–Trinajstić information content (AvgIpc) is 2.55. The van der Waals surface area contributed by atoms with E-state index in [1.54, 1.807) is 0 Å². The Bertz CT molecular complexity index is 497. The molecule has 0 radical (unpaired) electrons. The van der Waals surface area contributed by atoms with Crippen molar-refractivity contribution >= 4 is 5.96 Å². The normalized spacial score (nSPS) is 23.1. The topological polar surface area (TPSA) is 71.7 Å². The maximum absolute atomic E-state index is 5.68. The van der Waals surface area contributed by atoms with Crippen LogP contribution in [0.15, 0.2) is 29.3 Å². The van der Waals surface area contributed by atoms with Crippen LogP contribution in [-0.2, 0) is 0 Å². The van der Waals surface area contributed by atoms with Gasteiger partial charge in [-0.1, -0.05) is 37.5 Å². The first-order chi connectivity index (χ1) is 10.4. The van der Waals surface area contributed by atoms with Gasteiger partial charge in [0.2, 0.25) is 5.96 Å². The minimum absolute atomic E-state index is 0.108. The molecule has 1 saturated carbocycles. The first kappa shape index (κ1) is 14.2. The van der Waals surface area contributed by atoms with Crippen molar-refractivity contribution < 1.29 is 4.74 Å². The third kappa shape index (κ3) is 3.47. The van der Waals surface area contributed by atoms with Crippen LogP contribution in [-0.4, -0.2) is 18.6 Å². The Hall–Kier alpha value is -1.75. The van der Waals surface area contributed by atoms with E-state index >= 15 is 0 Å². The molecule has 2 aliphatic rings. The molecule has 3 rings (SSSR count). The van der Waals surface area contributed by atoms with Crippen LogP contribution in [0.25, 0.3) is 0 Å². The van der Waals surface area contributed by atoms with Crippen LogP contribution in [0.1, 0.15) is 50.1 Å². The van der Waals surface area contributed by atoms with Crippen molar-refractivity contribution in [3.63, 3.8) is 0 Å².